The van der Waals surface area contributed by atoms with Gasteiger partial charge in [-0.25, -0.2) is 0 Å². The first-order valence-corrected chi connectivity index (χ1v) is 7.93. The molecule has 2 N–H and O–H groups in total. The fourth-order valence-electron chi connectivity index (χ4n) is 2.72. The second-order valence-electron chi connectivity index (χ2n) is 5.64. The van der Waals surface area contributed by atoms with Gasteiger partial charge in [0.1, 0.15) is 11.9 Å². The number of aliphatic hydroxyl groups excluding tert-OH is 1. The van der Waals surface area contributed by atoms with Crippen molar-refractivity contribution in [2.75, 3.05) is 20.3 Å². The molecule has 1 saturated carbocycles. The van der Waals surface area contributed by atoms with Crippen LogP contribution in [0, 0.1) is 0 Å². The van der Waals surface area contributed by atoms with Crippen molar-refractivity contribution in [3.8, 4) is 5.75 Å². The van der Waals surface area contributed by atoms with Crippen LogP contribution < -0.4 is 10.1 Å². The summed E-state index contributed by atoms with van der Waals surface area (Å²) in [6.45, 7) is 2.27. The third-order valence-corrected chi connectivity index (χ3v) is 3.97. The highest BCUT2D eigenvalue weighted by Crippen LogP contribution is 2.25. The van der Waals surface area contributed by atoms with Crippen molar-refractivity contribution < 1.29 is 14.6 Å². The van der Waals surface area contributed by atoms with Gasteiger partial charge in [-0.05, 0) is 25.3 Å². The van der Waals surface area contributed by atoms with Crippen LogP contribution in [0.15, 0.2) is 24.3 Å². The van der Waals surface area contributed by atoms with Gasteiger partial charge in [-0.1, -0.05) is 31.0 Å². The van der Waals surface area contributed by atoms with Gasteiger partial charge in [0.2, 0.25) is 0 Å². The lowest BCUT2D eigenvalue weighted by Gasteiger charge is -2.23. The molecule has 2 unspecified atom stereocenters. The quantitative estimate of drug-likeness (QED) is 0.599. The van der Waals surface area contributed by atoms with Gasteiger partial charge >= 0.3 is 0 Å². The summed E-state index contributed by atoms with van der Waals surface area (Å²) in [4.78, 5) is 0. The first kappa shape index (κ1) is 16.3. The minimum Gasteiger partial charge on any atom is -0.487 e. The van der Waals surface area contributed by atoms with Crippen LogP contribution in [0.25, 0.3) is 0 Å². The van der Waals surface area contributed by atoms with Crippen LogP contribution in [0.5, 0.6) is 5.75 Å². The number of hydrogen-bond acceptors (Lipinski definition) is 4. The van der Waals surface area contributed by atoms with Gasteiger partial charge in [0, 0.05) is 25.8 Å². The van der Waals surface area contributed by atoms with Crippen LogP contribution in [0.1, 0.15) is 37.7 Å². The van der Waals surface area contributed by atoms with Crippen LogP contribution in [0.4, 0.5) is 0 Å². The minimum atomic E-state index is -0.345. The maximum Gasteiger partial charge on any atom is 0.124 e. The van der Waals surface area contributed by atoms with Gasteiger partial charge in [-0.3, -0.25) is 0 Å². The Morgan fingerprint density at radius 1 is 1.19 bits per heavy atom. The highest BCUT2D eigenvalue weighted by molar-refractivity contribution is 5.33. The molecule has 0 saturated heterocycles. The van der Waals surface area contributed by atoms with Crippen LogP contribution in [0.2, 0.25) is 0 Å². The highest BCUT2D eigenvalue weighted by atomic mass is 16.5. The van der Waals surface area contributed by atoms with Crippen molar-refractivity contribution in [1.82, 2.24) is 5.32 Å². The molecule has 0 amide bonds. The summed E-state index contributed by atoms with van der Waals surface area (Å²) in [6, 6.07) is 8.06. The molecule has 1 aromatic carbocycles. The van der Waals surface area contributed by atoms with Gasteiger partial charge < -0.3 is 19.9 Å². The average Bonchev–Trinajstić information content (AvgIpc) is 2.70. The summed E-state index contributed by atoms with van der Waals surface area (Å²) in [5.41, 5.74) is 1.13. The predicted molar refractivity (Wildman–Crippen MR) is 83.5 cm³/mol. The number of methoxy groups -OCH3 is 1. The van der Waals surface area contributed by atoms with Gasteiger partial charge in [0.25, 0.3) is 0 Å². The van der Waals surface area contributed by atoms with E-state index in [1.165, 1.54) is 6.42 Å². The molecule has 1 aliphatic carbocycles. The molecular weight excluding hydrogens is 266 g/mol. The number of para-hydroxylation sites is 1. The standard InChI is InChI=1S/C17H27NO3/c1-20-12-11-18-13-14-7-5-6-9-16(14)21-17-10-4-2-3-8-15(17)19/h5-7,9,15,17-19H,2-4,8,10-13H2,1H3. The topological polar surface area (TPSA) is 50.7 Å². The Bertz CT molecular complexity index is 411. The second kappa shape index (κ2) is 9.03. The summed E-state index contributed by atoms with van der Waals surface area (Å²) in [7, 11) is 1.70. The fourth-order valence-corrected chi connectivity index (χ4v) is 2.72. The van der Waals surface area contributed by atoms with Gasteiger partial charge in [-0.2, -0.15) is 0 Å². The Labute approximate surface area is 127 Å². The van der Waals surface area contributed by atoms with Crippen molar-refractivity contribution in [1.29, 1.82) is 0 Å². The zero-order valence-electron chi connectivity index (χ0n) is 12.9. The summed E-state index contributed by atoms with van der Waals surface area (Å²) in [5, 5.41) is 13.5. The molecule has 0 aliphatic heterocycles. The van der Waals surface area contributed by atoms with Crippen molar-refractivity contribution in [3.05, 3.63) is 29.8 Å². The van der Waals surface area contributed by atoms with E-state index in [4.69, 9.17) is 9.47 Å². The van der Waals surface area contributed by atoms with Gasteiger partial charge in [-0.15, -0.1) is 0 Å². The third kappa shape index (κ3) is 5.30. The largest absolute Gasteiger partial charge is 0.487 e. The Hall–Kier alpha value is -1.10. The minimum absolute atomic E-state index is 0.0763. The van der Waals surface area contributed by atoms with Crippen molar-refractivity contribution in [2.45, 2.75) is 50.9 Å². The third-order valence-electron chi connectivity index (χ3n) is 3.97. The Morgan fingerprint density at radius 3 is 2.86 bits per heavy atom. The van der Waals surface area contributed by atoms with Gasteiger partial charge in [0.05, 0.1) is 12.7 Å². The summed E-state index contributed by atoms with van der Waals surface area (Å²) >= 11 is 0. The van der Waals surface area contributed by atoms with Crippen molar-refractivity contribution in [2.24, 2.45) is 0 Å². The van der Waals surface area contributed by atoms with E-state index in [0.29, 0.717) is 6.61 Å². The number of benzene rings is 1. The fraction of sp³-hybridized carbons (Fsp3) is 0.647. The molecule has 118 valence electrons. The molecule has 0 bridgehead atoms. The number of ether oxygens (including phenoxy) is 2. The van der Waals surface area contributed by atoms with Crippen molar-refractivity contribution in [3.63, 3.8) is 0 Å². The molecule has 0 radical (unpaired) electrons. The van der Waals surface area contributed by atoms with E-state index < -0.39 is 0 Å². The first-order chi connectivity index (χ1) is 10.3. The second-order valence-corrected chi connectivity index (χ2v) is 5.64. The summed E-state index contributed by atoms with van der Waals surface area (Å²) in [5.74, 6) is 0.883. The molecule has 4 nitrogen and oxygen atoms in total. The molecule has 1 aliphatic rings. The van der Waals surface area contributed by atoms with E-state index in [9.17, 15) is 5.11 Å². The lowest BCUT2D eigenvalue weighted by Crippen LogP contribution is -2.31. The van der Waals surface area contributed by atoms with E-state index in [1.54, 1.807) is 7.11 Å². The molecule has 2 atom stereocenters. The normalized spacial score (nSPS) is 22.8. The van der Waals surface area contributed by atoms with Crippen molar-refractivity contribution >= 4 is 0 Å². The number of nitrogens with one attached hydrogen (secondary N) is 1. The Kier molecular flexibility index (Phi) is 7.00. The zero-order chi connectivity index (χ0) is 14.9. The number of hydrogen-bond donors (Lipinski definition) is 2. The molecule has 21 heavy (non-hydrogen) atoms. The number of rotatable bonds is 7. The predicted octanol–water partition coefficient (Wildman–Crippen LogP) is 2.50. The SMILES string of the molecule is COCCNCc1ccccc1OC1CCCCCC1O. The molecule has 2 rings (SSSR count). The Balaban J connectivity index is 1.94. The van der Waals surface area contributed by atoms with Gasteiger partial charge in [0.15, 0.2) is 0 Å². The lowest BCUT2D eigenvalue weighted by atomic mass is 10.1. The van der Waals surface area contributed by atoms with Crippen LogP contribution >= 0.6 is 0 Å². The summed E-state index contributed by atoms with van der Waals surface area (Å²) < 4.78 is 11.1. The summed E-state index contributed by atoms with van der Waals surface area (Å²) in [6.07, 6.45) is 4.79. The molecule has 1 fully saturated rings. The molecule has 1 aromatic rings. The van der Waals surface area contributed by atoms with E-state index in [1.807, 2.05) is 18.2 Å². The number of aliphatic hydroxyl groups is 1. The molecule has 0 heterocycles. The van der Waals surface area contributed by atoms with E-state index >= 15 is 0 Å². The smallest absolute Gasteiger partial charge is 0.124 e. The van der Waals surface area contributed by atoms with E-state index in [-0.39, 0.29) is 12.2 Å². The average molecular weight is 293 g/mol. The van der Waals surface area contributed by atoms with E-state index in [2.05, 4.69) is 11.4 Å². The first-order valence-electron chi connectivity index (χ1n) is 7.93. The van der Waals surface area contributed by atoms with E-state index in [0.717, 1.165) is 50.1 Å². The molecular formula is C17H27NO3. The lowest BCUT2D eigenvalue weighted by molar-refractivity contribution is 0.0314. The van der Waals surface area contributed by atoms with Crippen LogP contribution in [-0.4, -0.2) is 37.6 Å². The molecule has 4 heteroatoms. The Morgan fingerprint density at radius 2 is 2.00 bits per heavy atom. The van der Waals surface area contributed by atoms with Crippen LogP contribution in [0.3, 0.4) is 0 Å². The monoisotopic (exact) mass is 293 g/mol. The van der Waals surface area contributed by atoms with Crippen LogP contribution in [-0.2, 0) is 11.3 Å². The highest BCUT2D eigenvalue weighted by Gasteiger charge is 2.23. The zero-order valence-corrected chi connectivity index (χ0v) is 12.9. The molecule has 0 spiro atoms. The maximum absolute atomic E-state index is 10.2. The molecule has 0 aromatic heterocycles. The maximum atomic E-state index is 10.2.